The van der Waals surface area contributed by atoms with Crippen LogP contribution in [0.4, 0.5) is 11.4 Å². The highest BCUT2D eigenvalue weighted by Gasteiger charge is 2.16. The minimum Gasteiger partial charge on any atom is -0.383 e. The van der Waals surface area contributed by atoms with Gasteiger partial charge in [-0.05, 0) is 18.6 Å². The van der Waals surface area contributed by atoms with Crippen LogP contribution in [0.25, 0.3) is 0 Å². The summed E-state index contributed by atoms with van der Waals surface area (Å²) in [5.74, 6) is -0.499. The second-order valence-electron chi connectivity index (χ2n) is 4.48. The molecular weight excluding hydrogens is 298 g/mol. The van der Waals surface area contributed by atoms with Gasteiger partial charge in [0.15, 0.2) is 0 Å². The first-order chi connectivity index (χ1) is 9.74. The van der Waals surface area contributed by atoms with E-state index in [-0.39, 0.29) is 23.5 Å². The van der Waals surface area contributed by atoms with Crippen molar-refractivity contribution in [3.63, 3.8) is 0 Å². The Bertz CT molecular complexity index is 642. The molecule has 1 aromatic rings. The Morgan fingerprint density at radius 3 is 2.57 bits per heavy atom. The number of nitro groups is 1. The van der Waals surface area contributed by atoms with Crippen LogP contribution in [-0.4, -0.2) is 44.8 Å². The maximum absolute atomic E-state index is 11.8. The second-order valence-corrected chi connectivity index (χ2v) is 6.74. The Morgan fingerprint density at radius 1 is 1.38 bits per heavy atom. The minimum absolute atomic E-state index is 0.0217. The summed E-state index contributed by atoms with van der Waals surface area (Å²) in [5, 5.41) is 16.1. The number of hydrogen-bond donors (Lipinski definition) is 2. The van der Waals surface area contributed by atoms with E-state index in [4.69, 9.17) is 0 Å². The number of nitro benzene ring substituents is 1. The summed E-state index contributed by atoms with van der Waals surface area (Å²) >= 11 is 0. The van der Waals surface area contributed by atoms with Crippen LogP contribution < -0.4 is 10.6 Å². The molecular formula is C12H17N3O5S. The highest BCUT2D eigenvalue weighted by molar-refractivity contribution is 7.90. The van der Waals surface area contributed by atoms with Crippen molar-refractivity contribution in [2.24, 2.45) is 0 Å². The molecule has 9 heteroatoms. The van der Waals surface area contributed by atoms with Crippen molar-refractivity contribution in [1.82, 2.24) is 5.32 Å². The number of carbonyl (C=O) groups excluding carboxylic acids is 1. The standard InChI is InChI=1S/C12H17N3O5S/c1-13-10-5-4-9(8-11(10)15(17)18)12(16)14-6-3-7-21(2,19)20/h4-5,8,13H,3,6-7H2,1-2H3,(H,14,16). The van der Waals surface area contributed by atoms with E-state index in [0.717, 1.165) is 6.26 Å². The Morgan fingerprint density at radius 2 is 2.05 bits per heavy atom. The second kappa shape index (κ2) is 7.02. The molecule has 21 heavy (non-hydrogen) atoms. The van der Waals surface area contributed by atoms with Crippen molar-refractivity contribution in [3.8, 4) is 0 Å². The molecule has 1 amide bonds. The van der Waals surface area contributed by atoms with Crippen molar-refractivity contribution in [1.29, 1.82) is 0 Å². The highest BCUT2D eigenvalue weighted by Crippen LogP contribution is 2.24. The van der Waals surface area contributed by atoms with E-state index < -0.39 is 20.7 Å². The Hall–Kier alpha value is -2.16. The predicted molar refractivity (Wildman–Crippen MR) is 79.3 cm³/mol. The molecule has 0 radical (unpaired) electrons. The van der Waals surface area contributed by atoms with Crippen LogP contribution >= 0.6 is 0 Å². The molecule has 0 atom stereocenters. The Labute approximate surface area is 122 Å². The van der Waals surface area contributed by atoms with E-state index in [1.165, 1.54) is 18.2 Å². The molecule has 0 aliphatic rings. The van der Waals surface area contributed by atoms with Crippen molar-refractivity contribution in [3.05, 3.63) is 33.9 Å². The number of nitrogens with zero attached hydrogens (tertiary/aromatic N) is 1. The lowest BCUT2D eigenvalue weighted by Crippen LogP contribution is -2.26. The lowest BCUT2D eigenvalue weighted by molar-refractivity contribution is -0.384. The fourth-order valence-electron chi connectivity index (χ4n) is 1.67. The van der Waals surface area contributed by atoms with Gasteiger partial charge in [0, 0.05) is 31.5 Å². The number of sulfone groups is 1. The van der Waals surface area contributed by atoms with Gasteiger partial charge in [0.1, 0.15) is 15.5 Å². The average molecular weight is 315 g/mol. The Balaban J connectivity index is 2.70. The van der Waals surface area contributed by atoms with Gasteiger partial charge in [0.05, 0.1) is 10.7 Å². The van der Waals surface area contributed by atoms with E-state index in [1.807, 2.05) is 0 Å². The largest absolute Gasteiger partial charge is 0.383 e. The maximum atomic E-state index is 11.8. The van der Waals surface area contributed by atoms with Gasteiger partial charge in [-0.3, -0.25) is 14.9 Å². The summed E-state index contributed by atoms with van der Waals surface area (Å²) in [5.41, 5.74) is 0.273. The monoisotopic (exact) mass is 315 g/mol. The van der Waals surface area contributed by atoms with Crippen LogP contribution in [0.3, 0.4) is 0 Å². The van der Waals surface area contributed by atoms with E-state index in [1.54, 1.807) is 7.05 Å². The number of anilines is 1. The first-order valence-electron chi connectivity index (χ1n) is 6.16. The molecule has 8 nitrogen and oxygen atoms in total. The van der Waals surface area contributed by atoms with Crippen molar-refractivity contribution in [2.75, 3.05) is 30.9 Å². The zero-order valence-corrected chi connectivity index (χ0v) is 12.6. The third kappa shape index (κ3) is 5.38. The Kier molecular flexibility index (Phi) is 5.65. The number of benzene rings is 1. The van der Waals surface area contributed by atoms with Gasteiger partial charge in [-0.25, -0.2) is 8.42 Å². The van der Waals surface area contributed by atoms with Crippen molar-refractivity contribution < 1.29 is 18.1 Å². The fourth-order valence-corrected chi connectivity index (χ4v) is 2.34. The van der Waals surface area contributed by atoms with Gasteiger partial charge in [-0.15, -0.1) is 0 Å². The average Bonchev–Trinajstić information content (AvgIpc) is 2.41. The molecule has 1 rings (SSSR count). The van der Waals surface area contributed by atoms with Crippen LogP contribution in [0.5, 0.6) is 0 Å². The molecule has 2 N–H and O–H groups in total. The maximum Gasteiger partial charge on any atom is 0.293 e. The summed E-state index contributed by atoms with van der Waals surface area (Å²) in [6.45, 7) is 0.188. The van der Waals surface area contributed by atoms with Gasteiger partial charge in [0.2, 0.25) is 0 Å². The van der Waals surface area contributed by atoms with Crippen LogP contribution in [-0.2, 0) is 9.84 Å². The number of amides is 1. The molecule has 1 aromatic carbocycles. The van der Waals surface area contributed by atoms with Gasteiger partial charge < -0.3 is 10.6 Å². The molecule has 0 spiro atoms. The smallest absolute Gasteiger partial charge is 0.293 e. The molecule has 0 bridgehead atoms. The van der Waals surface area contributed by atoms with Gasteiger partial charge in [0.25, 0.3) is 11.6 Å². The van der Waals surface area contributed by atoms with Crippen LogP contribution in [0, 0.1) is 10.1 Å². The lowest BCUT2D eigenvalue weighted by atomic mass is 10.1. The normalized spacial score (nSPS) is 11.0. The van der Waals surface area contributed by atoms with E-state index in [2.05, 4.69) is 10.6 Å². The van der Waals surface area contributed by atoms with Crippen molar-refractivity contribution in [2.45, 2.75) is 6.42 Å². The molecule has 0 aromatic heterocycles. The van der Waals surface area contributed by atoms with E-state index in [9.17, 15) is 23.3 Å². The first kappa shape index (κ1) is 16.9. The number of rotatable bonds is 7. The SMILES string of the molecule is CNc1ccc(C(=O)NCCCS(C)(=O)=O)cc1[N+](=O)[O-]. The molecule has 116 valence electrons. The van der Waals surface area contributed by atoms with Crippen LogP contribution in [0.2, 0.25) is 0 Å². The zero-order valence-electron chi connectivity index (χ0n) is 11.8. The zero-order chi connectivity index (χ0) is 16.0. The summed E-state index contributed by atoms with van der Waals surface area (Å²) < 4.78 is 21.9. The lowest BCUT2D eigenvalue weighted by Gasteiger charge is -2.07. The van der Waals surface area contributed by atoms with Gasteiger partial charge in [-0.2, -0.15) is 0 Å². The van der Waals surface area contributed by atoms with Crippen LogP contribution in [0.15, 0.2) is 18.2 Å². The topological polar surface area (TPSA) is 118 Å². The summed E-state index contributed by atoms with van der Waals surface area (Å²) in [6.07, 6.45) is 1.41. The summed E-state index contributed by atoms with van der Waals surface area (Å²) in [4.78, 5) is 22.2. The first-order valence-corrected chi connectivity index (χ1v) is 8.23. The third-order valence-electron chi connectivity index (χ3n) is 2.70. The quantitative estimate of drug-likeness (QED) is 0.436. The van der Waals surface area contributed by atoms with E-state index >= 15 is 0 Å². The van der Waals surface area contributed by atoms with Gasteiger partial charge in [-0.1, -0.05) is 0 Å². The molecule has 0 aliphatic heterocycles. The summed E-state index contributed by atoms with van der Waals surface area (Å²) in [6, 6.07) is 4.09. The molecule has 0 saturated carbocycles. The number of carbonyl (C=O) groups is 1. The number of hydrogen-bond acceptors (Lipinski definition) is 6. The summed E-state index contributed by atoms with van der Waals surface area (Å²) in [7, 11) is -1.51. The molecule has 0 heterocycles. The molecule has 0 saturated heterocycles. The third-order valence-corrected chi connectivity index (χ3v) is 3.73. The van der Waals surface area contributed by atoms with Crippen LogP contribution in [0.1, 0.15) is 16.8 Å². The minimum atomic E-state index is -3.06. The van der Waals surface area contributed by atoms with E-state index in [0.29, 0.717) is 12.1 Å². The van der Waals surface area contributed by atoms with Gasteiger partial charge >= 0.3 is 0 Å². The number of nitrogens with one attached hydrogen (secondary N) is 2. The molecule has 0 aliphatic carbocycles. The predicted octanol–water partition coefficient (Wildman–Crippen LogP) is 0.801. The molecule has 0 fully saturated rings. The molecule has 0 unspecified atom stereocenters. The fraction of sp³-hybridized carbons (Fsp3) is 0.417. The highest BCUT2D eigenvalue weighted by atomic mass is 32.2. The van der Waals surface area contributed by atoms with Crippen molar-refractivity contribution >= 4 is 27.1 Å².